The number of ether oxygens (including phenoxy) is 1. The van der Waals surface area contributed by atoms with Crippen LogP contribution in [-0.2, 0) is 6.54 Å². The first-order valence-corrected chi connectivity index (χ1v) is 7.27. The molecule has 0 N–H and O–H groups in total. The van der Waals surface area contributed by atoms with Crippen molar-refractivity contribution in [2.24, 2.45) is 0 Å². The van der Waals surface area contributed by atoms with Gasteiger partial charge in [-0.2, -0.15) is 0 Å². The molecule has 0 bridgehead atoms. The van der Waals surface area contributed by atoms with Crippen LogP contribution >= 0.6 is 0 Å². The summed E-state index contributed by atoms with van der Waals surface area (Å²) in [6.07, 6.45) is 1.26. The third-order valence-corrected chi connectivity index (χ3v) is 3.96. The molecule has 0 saturated carbocycles. The molecule has 1 aliphatic heterocycles. The number of likely N-dealkylation sites (tertiary alicyclic amines) is 1. The minimum Gasteiger partial charge on any atom is -0.497 e. The van der Waals surface area contributed by atoms with Crippen molar-refractivity contribution in [3.8, 4) is 5.75 Å². The summed E-state index contributed by atoms with van der Waals surface area (Å²) >= 11 is 0. The Kier molecular flexibility index (Phi) is 4.02. The van der Waals surface area contributed by atoms with E-state index in [-0.39, 0.29) is 5.78 Å². The quantitative estimate of drug-likeness (QED) is 0.789. The highest BCUT2D eigenvalue weighted by Gasteiger charge is 2.18. The molecule has 3 heteroatoms. The third kappa shape index (κ3) is 2.98. The van der Waals surface area contributed by atoms with Gasteiger partial charge in [-0.25, -0.2) is 0 Å². The van der Waals surface area contributed by atoms with Crippen molar-refractivity contribution in [3.63, 3.8) is 0 Å². The third-order valence-electron chi connectivity index (χ3n) is 3.96. The molecule has 21 heavy (non-hydrogen) atoms. The molecule has 1 aliphatic rings. The summed E-state index contributed by atoms with van der Waals surface area (Å²) in [6, 6.07) is 15.2. The number of ketones is 1. The lowest BCUT2D eigenvalue weighted by molar-refractivity contribution is 0.103. The molecule has 0 radical (unpaired) electrons. The second-order valence-corrected chi connectivity index (χ2v) is 5.34. The van der Waals surface area contributed by atoms with E-state index in [1.165, 1.54) is 6.42 Å². The Bertz CT molecular complexity index is 630. The number of carbonyl (C=O) groups is 1. The molecule has 0 aromatic heterocycles. The van der Waals surface area contributed by atoms with Crippen LogP contribution in [0.2, 0.25) is 0 Å². The highest BCUT2D eigenvalue weighted by Crippen LogP contribution is 2.20. The van der Waals surface area contributed by atoms with Gasteiger partial charge in [-0.05, 0) is 49.3 Å². The van der Waals surface area contributed by atoms with E-state index in [0.29, 0.717) is 5.56 Å². The molecular formula is C18H19NO2. The van der Waals surface area contributed by atoms with Gasteiger partial charge in [0.2, 0.25) is 0 Å². The molecule has 2 aromatic rings. The van der Waals surface area contributed by atoms with Crippen LogP contribution < -0.4 is 4.74 Å². The van der Waals surface area contributed by atoms with Gasteiger partial charge in [0.15, 0.2) is 5.78 Å². The Morgan fingerprint density at radius 2 is 1.81 bits per heavy atom. The Hall–Kier alpha value is -2.13. The number of carbonyl (C=O) groups excluding carboxylic acids is 1. The lowest BCUT2D eigenvalue weighted by atomic mass is 9.97. The van der Waals surface area contributed by atoms with Crippen LogP contribution in [0.15, 0.2) is 48.5 Å². The van der Waals surface area contributed by atoms with E-state index in [1.54, 1.807) is 7.11 Å². The summed E-state index contributed by atoms with van der Waals surface area (Å²) in [7, 11) is 1.62. The number of hydrogen-bond donors (Lipinski definition) is 0. The van der Waals surface area contributed by atoms with Crippen molar-refractivity contribution < 1.29 is 9.53 Å². The lowest BCUT2D eigenvalue weighted by Crippen LogP contribution is -2.36. The predicted molar refractivity (Wildman–Crippen MR) is 82.8 cm³/mol. The first kappa shape index (κ1) is 13.8. The van der Waals surface area contributed by atoms with Crippen molar-refractivity contribution in [2.75, 3.05) is 20.2 Å². The van der Waals surface area contributed by atoms with Gasteiger partial charge in [-0.1, -0.05) is 24.3 Å². The maximum absolute atomic E-state index is 12.7. The Balaban J connectivity index is 1.85. The molecule has 1 saturated heterocycles. The normalized spacial score (nSPS) is 14.5. The summed E-state index contributed by atoms with van der Waals surface area (Å²) < 4.78 is 5.14. The van der Waals surface area contributed by atoms with Crippen LogP contribution in [0.5, 0.6) is 5.75 Å². The van der Waals surface area contributed by atoms with Gasteiger partial charge >= 0.3 is 0 Å². The highest BCUT2D eigenvalue weighted by molar-refractivity contribution is 6.09. The molecule has 108 valence electrons. The van der Waals surface area contributed by atoms with E-state index in [1.807, 2.05) is 42.5 Å². The van der Waals surface area contributed by atoms with Crippen LogP contribution in [-0.4, -0.2) is 30.9 Å². The summed E-state index contributed by atoms with van der Waals surface area (Å²) in [5.41, 5.74) is 2.61. The van der Waals surface area contributed by atoms with Crippen molar-refractivity contribution in [3.05, 3.63) is 65.2 Å². The molecule has 1 fully saturated rings. The smallest absolute Gasteiger partial charge is 0.193 e. The van der Waals surface area contributed by atoms with Crippen molar-refractivity contribution in [2.45, 2.75) is 13.0 Å². The fraction of sp³-hybridized carbons (Fsp3) is 0.278. The van der Waals surface area contributed by atoms with Crippen LogP contribution in [0, 0.1) is 0 Å². The summed E-state index contributed by atoms with van der Waals surface area (Å²) in [5.74, 6) is 0.842. The van der Waals surface area contributed by atoms with Gasteiger partial charge in [0.1, 0.15) is 5.75 Å². The predicted octanol–water partition coefficient (Wildman–Crippen LogP) is 3.13. The van der Waals surface area contributed by atoms with E-state index in [9.17, 15) is 4.79 Å². The van der Waals surface area contributed by atoms with Crippen molar-refractivity contribution in [1.82, 2.24) is 4.90 Å². The van der Waals surface area contributed by atoms with E-state index in [4.69, 9.17) is 4.74 Å². The number of benzene rings is 2. The van der Waals surface area contributed by atoms with Gasteiger partial charge < -0.3 is 4.74 Å². The topological polar surface area (TPSA) is 29.5 Å². The summed E-state index contributed by atoms with van der Waals surface area (Å²) in [6.45, 7) is 3.12. The molecule has 1 heterocycles. The molecule has 0 unspecified atom stereocenters. The van der Waals surface area contributed by atoms with Crippen LogP contribution in [0.1, 0.15) is 27.9 Å². The van der Waals surface area contributed by atoms with Gasteiger partial charge in [0.05, 0.1) is 7.11 Å². The van der Waals surface area contributed by atoms with Crippen LogP contribution in [0.25, 0.3) is 0 Å². The van der Waals surface area contributed by atoms with Gasteiger partial charge in [0.25, 0.3) is 0 Å². The first-order chi connectivity index (χ1) is 10.3. The van der Waals surface area contributed by atoms with E-state index >= 15 is 0 Å². The van der Waals surface area contributed by atoms with Gasteiger partial charge in [0, 0.05) is 17.7 Å². The van der Waals surface area contributed by atoms with Crippen molar-refractivity contribution in [1.29, 1.82) is 0 Å². The molecule has 0 spiro atoms. The SMILES string of the molecule is COc1ccc(C(=O)c2ccccc2CN2CCC2)cc1. The average Bonchev–Trinajstić information content (AvgIpc) is 2.51. The Morgan fingerprint density at radius 1 is 1.10 bits per heavy atom. The standard InChI is InChI=1S/C18H19NO2/c1-21-16-9-7-14(8-10-16)18(20)17-6-3-2-5-15(17)13-19-11-4-12-19/h2-3,5-10H,4,11-13H2,1H3. The summed E-state index contributed by atoms with van der Waals surface area (Å²) in [4.78, 5) is 15.1. The maximum Gasteiger partial charge on any atom is 0.193 e. The monoisotopic (exact) mass is 281 g/mol. The molecule has 0 atom stereocenters. The zero-order chi connectivity index (χ0) is 14.7. The zero-order valence-electron chi connectivity index (χ0n) is 12.2. The number of methoxy groups -OCH3 is 1. The first-order valence-electron chi connectivity index (χ1n) is 7.27. The number of hydrogen-bond acceptors (Lipinski definition) is 3. The highest BCUT2D eigenvalue weighted by atomic mass is 16.5. The van der Waals surface area contributed by atoms with Gasteiger partial charge in [-0.15, -0.1) is 0 Å². The minimum atomic E-state index is 0.0776. The van der Waals surface area contributed by atoms with Crippen LogP contribution in [0.3, 0.4) is 0 Å². The van der Waals surface area contributed by atoms with Crippen LogP contribution in [0.4, 0.5) is 0 Å². The molecule has 2 aromatic carbocycles. The average molecular weight is 281 g/mol. The molecule has 3 rings (SSSR count). The second kappa shape index (κ2) is 6.10. The Morgan fingerprint density at radius 3 is 2.43 bits per heavy atom. The Labute approximate surface area is 125 Å². The molecule has 0 aliphatic carbocycles. The van der Waals surface area contributed by atoms with Crippen molar-refractivity contribution >= 4 is 5.78 Å². The van der Waals surface area contributed by atoms with E-state index in [0.717, 1.165) is 36.5 Å². The van der Waals surface area contributed by atoms with Gasteiger partial charge in [-0.3, -0.25) is 9.69 Å². The maximum atomic E-state index is 12.7. The zero-order valence-corrected chi connectivity index (χ0v) is 12.2. The molecule has 3 nitrogen and oxygen atoms in total. The fourth-order valence-electron chi connectivity index (χ4n) is 2.56. The summed E-state index contributed by atoms with van der Waals surface area (Å²) in [5, 5.41) is 0. The molecular weight excluding hydrogens is 262 g/mol. The fourth-order valence-corrected chi connectivity index (χ4v) is 2.56. The number of nitrogens with zero attached hydrogens (tertiary/aromatic N) is 1. The second-order valence-electron chi connectivity index (χ2n) is 5.34. The lowest BCUT2D eigenvalue weighted by Gasteiger charge is -2.31. The van der Waals surface area contributed by atoms with E-state index < -0.39 is 0 Å². The number of rotatable bonds is 5. The van der Waals surface area contributed by atoms with E-state index in [2.05, 4.69) is 11.0 Å². The largest absolute Gasteiger partial charge is 0.497 e. The molecule has 0 amide bonds. The minimum absolute atomic E-state index is 0.0776.